The van der Waals surface area contributed by atoms with E-state index in [1.54, 1.807) is 42.5 Å². The first-order valence-electron chi connectivity index (χ1n) is 10.7. The van der Waals surface area contributed by atoms with E-state index in [-0.39, 0.29) is 18.7 Å². The molecule has 0 fully saturated rings. The summed E-state index contributed by atoms with van der Waals surface area (Å²) in [7, 11) is 0. The molecule has 2 N–H and O–H groups in total. The van der Waals surface area contributed by atoms with E-state index in [9.17, 15) is 14.4 Å². The Morgan fingerprint density at radius 2 is 1.56 bits per heavy atom. The Kier molecular flexibility index (Phi) is 8.65. The van der Waals surface area contributed by atoms with Crippen LogP contribution in [0.25, 0.3) is 0 Å². The largest absolute Gasteiger partial charge is 0.456 e. The maximum Gasteiger partial charge on any atom is 0.306 e. The second-order valence-electron chi connectivity index (χ2n) is 7.56. The highest BCUT2D eigenvalue weighted by Crippen LogP contribution is 2.29. The number of rotatable bonds is 9. The van der Waals surface area contributed by atoms with Gasteiger partial charge in [-0.2, -0.15) is 0 Å². The number of nitrogens with one attached hydrogen (secondary N) is 2. The second kappa shape index (κ2) is 11.9. The molecule has 0 aliphatic rings. The molecule has 3 aromatic rings. The third-order valence-electron chi connectivity index (χ3n) is 5.00. The van der Waals surface area contributed by atoms with Crippen molar-refractivity contribution in [2.45, 2.75) is 26.7 Å². The van der Waals surface area contributed by atoms with Crippen molar-refractivity contribution < 1.29 is 23.9 Å². The van der Waals surface area contributed by atoms with Crippen molar-refractivity contribution in [3.8, 4) is 11.5 Å². The molecule has 176 valence electrons. The molecule has 0 radical (unpaired) electrons. The van der Waals surface area contributed by atoms with E-state index in [1.807, 2.05) is 38.1 Å². The van der Waals surface area contributed by atoms with Gasteiger partial charge < -0.3 is 20.1 Å². The van der Waals surface area contributed by atoms with Crippen molar-refractivity contribution in [1.29, 1.82) is 0 Å². The van der Waals surface area contributed by atoms with E-state index in [4.69, 9.17) is 21.1 Å². The molecule has 0 heterocycles. The summed E-state index contributed by atoms with van der Waals surface area (Å²) in [6.07, 6.45) is -0.217. The Labute approximate surface area is 203 Å². The summed E-state index contributed by atoms with van der Waals surface area (Å²) >= 11 is 6.08. The van der Waals surface area contributed by atoms with Gasteiger partial charge in [-0.3, -0.25) is 14.4 Å². The average molecular weight is 481 g/mol. The lowest BCUT2D eigenvalue weighted by molar-refractivity contribution is -0.147. The molecule has 34 heavy (non-hydrogen) atoms. The molecule has 0 aromatic heterocycles. The Morgan fingerprint density at radius 1 is 0.824 bits per heavy atom. The van der Waals surface area contributed by atoms with Crippen LogP contribution in [0.2, 0.25) is 5.02 Å². The number of hydrogen-bond acceptors (Lipinski definition) is 5. The highest BCUT2D eigenvalue weighted by molar-refractivity contribution is 6.32. The van der Waals surface area contributed by atoms with Crippen LogP contribution in [-0.2, 0) is 19.1 Å². The van der Waals surface area contributed by atoms with Gasteiger partial charge in [0.05, 0.1) is 11.4 Å². The molecule has 0 spiro atoms. The number of aryl methyl sites for hydroxylation is 1. The van der Waals surface area contributed by atoms with Crippen molar-refractivity contribution in [2.75, 3.05) is 17.2 Å². The van der Waals surface area contributed by atoms with Gasteiger partial charge in [-0.15, -0.1) is 0 Å². The number of para-hydroxylation sites is 1. The monoisotopic (exact) mass is 480 g/mol. The van der Waals surface area contributed by atoms with Gasteiger partial charge >= 0.3 is 5.97 Å². The van der Waals surface area contributed by atoms with E-state index < -0.39 is 18.5 Å². The molecule has 0 saturated carbocycles. The number of ether oxygens (including phenoxy) is 2. The molecule has 0 bridgehead atoms. The van der Waals surface area contributed by atoms with Crippen LogP contribution in [0, 0.1) is 13.8 Å². The van der Waals surface area contributed by atoms with Gasteiger partial charge in [0.2, 0.25) is 5.91 Å². The number of benzene rings is 3. The fraction of sp³-hybridized carbons (Fsp3) is 0.192. The van der Waals surface area contributed by atoms with Gasteiger partial charge in [-0.05, 0) is 67.4 Å². The summed E-state index contributed by atoms with van der Waals surface area (Å²) in [6, 6.07) is 19.4. The van der Waals surface area contributed by atoms with Crippen LogP contribution in [0.4, 0.5) is 11.4 Å². The number of carbonyl (C=O) groups excluding carboxylic acids is 3. The summed E-state index contributed by atoms with van der Waals surface area (Å²) in [5.74, 6) is -0.326. The van der Waals surface area contributed by atoms with E-state index in [0.29, 0.717) is 27.9 Å². The van der Waals surface area contributed by atoms with Gasteiger partial charge in [0.15, 0.2) is 6.61 Å². The van der Waals surface area contributed by atoms with Crippen molar-refractivity contribution in [3.05, 3.63) is 82.9 Å². The normalized spacial score (nSPS) is 10.3. The molecule has 0 aliphatic carbocycles. The number of halogens is 1. The van der Waals surface area contributed by atoms with Gasteiger partial charge in [0.1, 0.15) is 11.5 Å². The van der Waals surface area contributed by atoms with Crippen LogP contribution in [0.15, 0.2) is 66.7 Å². The highest BCUT2D eigenvalue weighted by Gasteiger charge is 2.12. The molecule has 0 atom stereocenters. The number of hydrogen-bond donors (Lipinski definition) is 2. The maximum absolute atomic E-state index is 12.1. The number of esters is 1. The Bertz CT molecular complexity index is 1180. The lowest BCUT2D eigenvalue weighted by Gasteiger charge is -2.11. The minimum absolute atomic E-state index is 0.0741. The first kappa shape index (κ1) is 24.8. The molecular formula is C26H25ClN2O5. The van der Waals surface area contributed by atoms with E-state index in [2.05, 4.69) is 10.6 Å². The number of amides is 2. The lowest BCUT2D eigenvalue weighted by Crippen LogP contribution is -2.22. The van der Waals surface area contributed by atoms with Gasteiger partial charge in [0.25, 0.3) is 5.91 Å². The van der Waals surface area contributed by atoms with E-state index >= 15 is 0 Å². The third kappa shape index (κ3) is 7.35. The average Bonchev–Trinajstić information content (AvgIpc) is 2.82. The molecule has 0 aliphatic heterocycles. The second-order valence-corrected chi connectivity index (χ2v) is 7.97. The molecule has 3 aromatic carbocycles. The van der Waals surface area contributed by atoms with Crippen molar-refractivity contribution in [2.24, 2.45) is 0 Å². The summed E-state index contributed by atoms with van der Waals surface area (Å²) in [5, 5.41) is 5.91. The van der Waals surface area contributed by atoms with E-state index in [1.165, 1.54) is 0 Å². The fourth-order valence-electron chi connectivity index (χ4n) is 2.99. The molecule has 0 saturated heterocycles. The van der Waals surface area contributed by atoms with Crippen molar-refractivity contribution in [3.63, 3.8) is 0 Å². The standard InChI is InChI=1S/C26H25ClN2O5/c1-17-6-5-8-22(18(17)2)29-25(31)16-33-26(32)15-14-24(30)28-19-10-12-20(13-11-19)34-23-9-4-3-7-21(23)27/h3-13H,14-16H2,1-2H3,(H,28,30)(H,29,31). The summed E-state index contributed by atoms with van der Waals surface area (Å²) < 4.78 is 10.7. The van der Waals surface area contributed by atoms with Crippen LogP contribution in [0.1, 0.15) is 24.0 Å². The summed E-state index contributed by atoms with van der Waals surface area (Å²) in [6.45, 7) is 3.43. The van der Waals surface area contributed by atoms with Crippen LogP contribution in [0.3, 0.4) is 0 Å². The topological polar surface area (TPSA) is 93.7 Å². The Morgan fingerprint density at radius 3 is 2.29 bits per heavy atom. The zero-order chi connectivity index (χ0) is 24.5. The van der Waals surface area contributed by atoms with E-state index in [0.717, 1.165) is 11.1 Å². The molecule has 3 rings (SSSR count). The predicted molar refractivity (Wildman–Crippen MR) is 131 cm³/mol. The maximum atomic E-state index is 12.1. The van der Waals surface area contributed by atoms with Crippen LogP contribution >= 0.6 is 11.6 Å². The molecule has 7 nitrogen and oxygen atoms in total. The summed E-state index contributed by atoms with van der Waals surface area (Å²) in [4.78, 5) is 36.1. The smallest absolute Gasteiger partial charge is 0.306 e. The third-order valence-corrected chi connectivity index (χ3v) is 5.31. The van der Waals surface area contributed by atoms with Crippen molar-refractivity contribution in [1.82, 2.24) is 0 Å². The molecule has 8 heteroatoms. The molecule has 0 unspecified atom stereocenters. The highest BCUT2D eigenvalue weighted by atomic mass is 35.5. The quantitative estimate of drug-likeness (QED) is 0.386. The fourth-order valence-corrected chi connectivity index (χ4v) is 3.17. The van der Waals surface area contributed by atoms with Gasteiger partial charge in [0, 0.05) is 17.8 Å². The van der Waals surface area contributed by atoms with Crippen LogP contribution in [0.5, 0.6) is 11.5 Å². The zero-order valence-electron chi connectivity index (χ0n) is 18.9. The lowest BCUT2D eigenvalue weighted by atomic mass is 10.1. The van der Waals surface area contributed by atoms with Gasteiger partial charge in [-0.1, -0.05) is 35.9 Å². The Balaban J connectivity index is 1.38. The van der Waals surface area contributed by atoms with Crippen LogP contribution in [-0.4, -0.2) is 24.4 Å². The van der Waals surface area contributed by atoms with Crippen LogP contribution < -0.4 is 15.4 Å². The molecular weight excluding hydrogens is 456 g/mol. The predicted octanol–water partition coefficient (Wildman–Crippen LogP) is 5.65. The minimum Gasteiger partial charge on any atom is -0.456 e. The zero-order valence-corrected chi connectivity index (χ0v) is 19.6. The molecule has 2 amide bonds. The SMILES string of the molecule is Cc1cccc(NC(=O)COC(=O)CCC(=O)Nc2ccc(Oc3ccccc3Cl)cc2)c1C. The number of carbonyl (C=O) groups is 3. The first-order valence-corrected chi connectivity index (χ1v) is 11.0. The van der Waals surface area contributed by atoms with Gasteiger partial charge in [-0.25, -0.2) is 0 Å². The van der Waals surface area contributed by atoms with Crippen molar-refractivity contribution >= 4 is 40.8 Å². The Hall–Kier alpha value is -3.84. The summed E-state index contributed by atoms with van der Waals surface area (Å²) in [5.41, 5.74) is 3.22. The number of anilines is 2. The minimum atomic E-state index is -0.630. The first-order chi connectivity index (χ1) is 16.3.